The van der Waals surface area contributed by atoms with Crippen LogP contribution >= 0.6 is 0 Å². The fraction of sp³-hybridized carbons (Fsp3) is 0.500. The quantitative estimate of drug-likeness (QED) is 0.329. The fourth-order valence-electron chi connectivity index (χ4n) is 2.45. The minimum absolute atomic E-state index is 0. The molecule has 12 heteroatoms. The maximum atomic E-state index is 11.4. The van der Waals surface area contributed by atoms with Gasteiger partial charge in [0.1, 0.15) is 30.1 Å². The van der Waals surface area contributed by atoms with Crippen molar-refractivity contribution in [3.8, 4) is 5.75 Å². The average Bonchev–Trinajstić information content (AvgIpc) is 2.53. The van der Waals surface area contributed by atoms with E-state index in [2.05, 4.69) is 9.50 Å². The molecule has 1 aromatic carbocycles. The molecule has 26 heavy (non-hydrogen) atoms. The zero-order valence-electron chi connectivity index (χ0n) is 14.2. The molecule has 5 atom stereocenters. The van der Waals surface area contributed by atoms with E-state index < -0.39 is 53.6 Å². The molecule has 1 amide bonds. The molecule has 0 aromatic heterocycles. The summed E-state index contributed by atoms with van der Waals surface area (Å²) in [5, 5.41) is 22.2. The minimum Gasteiger partial charge on any atom is -0.463 e. The molecule has 0 bridgehead atoms. The predicted molar refractivity (Wildman–Crippen MR) is 88.6 cm³/mol. The van der Waals surface area contributed by atoms with Crippen LogP contribution in [0.5, 0.6) is 5.75 Å². The Bertz CT molecular complexity index is 687. The zero-order valence-corrected chi connectivity index (χ0v) is 17.0. The van der Waals surface area contributed by atoms with Gasteiger partial charge >= 0.3 is 10.4 Å². The molecular weight excluding hydrogens is 381 g/mol. The first-order valence-electron chi connectivity index (χ1n) is 7.30. The van der Waals surface area contributed by atoms with Gasteiger partial charge in [0.25, 0.3) is 0 Å². The van der Waals surface area contributed by atoms with Crippen LogP contribution in [0.1, 0.15) is 6.92 Å². The van der Waals surface area contributed by atoms with Crippen LogP contribution in [-0.4, -0.2) is 95.9 Å². The van der Waals surface area contributed by atoms with Gasteiger partial charge in [0.05, 0.1) is 6.61 Å². The van der Waals surface area contributed by atoms with E-state index in [0.29, 0.717) is 5.75 Å². The third kappa shape index (κ3) is 6.44. The normalized spacial score (nSPS) is 28.7. The van der Waals surface area contributed by atoms with E-state index in [1.807, 2.05) is 0 Å². The minimum atomic E-state index is -4.93. The Labute approximate surface area is 172 Å². The number of amides is 1. The van der Waals surface area contributed by atoms with Crippen LogP contribution in [0.3, 0.4) is 0 Å². The molecule has 1 saturated heterocycles. The molecular formula is C14H19NNaO9S. The van der Waals surface area contributed by atoms with E-state index in [1.54, 1.807) is 30.3 Å². The van der Waals surface area contributed by atoms with Crippen molar-refractivity contribution in [1.82, 2.24) is 5.32 Å². The van der Waals surface area contributed by atoms with Crippen LogP contribution in [0.15, 0.2) is 30.3 Å². The number of hydrogen-bond donors (Lipinski definition) is 4. The van der Waals surface area contributed by atoms with Gasteiger partial charge in [0.2, 0.25) is 12.2 Å². The second kappa shape index (κ2) is 9.97. The average molecular weight is 400 g/mol. The smallest absolute Gasteiger partial charge is 0.397 e. The Kier molecular flexibility index (Phi) is 8.93. The zero-order chi connectivity index (χ0) is 18.6. The number of para-hydroxylation sites is 1. The summed E-state index contributed by atoms with van der Waals surface area (Å²) in [7, 11) is -4.93. The van der Waals surface area contributed by atoms with E-state index in [9.17, 15) is 23.4 Å². The van der Waals surface area contributed by atoms with Crippen molar-refractivity contribution >= 4 is 45.9 Å². The van der Waals surface area contributed by atoms with Crippen LogP contribution in [0.2, 0.25) is 0 Å². The van der Waals surface area contributed by atoms with E-state index in [-0.39, 0.29) is 29.6 Å². The first-order chi connectivity index (χ1) is 11.7. The fourth-order valence-corrected chi connectivity index (χ4v) is 2.97. The molecule has 0 spiro atoms. The number of aliphatic hydroxyl groups excluding tert-OH is 2. The number of nitrogens with one attached hydrogen (secondary N) is 1. The Balaban J connectivity index is 0.00000338. The van der Waals surface area contributed by atoms with Crippen molar-refractivity contribution in [2.24, 2.45) is 0 Å². The predicted octanol–water partition coefficient (Wildman–Crippen LogP) is -1.54. The molecule has 1 fully saturated rings. The third-order valence-electron chi connectivity index (χ3n) is 3.45. The second-order valence-electron chi connectivity index (χ2n) is 5.36. The van der Waals surface area contributed by atoms with Crippen molar-refractivity contribution in [1.29, 1.82) is 0 Å². The number of benzene rings is 1. The molecule has 4 N–H and O–H groups in total. The number of carbonyl (C=O) groups excluding carboxylic acids is 1. The number of aliphatic hydroxyl groups is 2. The molecule has 1 radical (unpaired) electrons. The summed E-state index contributed by atoms with van der Waals surface area (Å²) in [6, 6.07) is 7.13. The standard InChI is InChI=1S/C14H19NO9S.Na/c1-8(17)15-11-12(18)13(24-25(19,20)21)10(7-16)23-14(11)22-9-5-3-2-4-6-9;/h2-6,10-14,16,18H,7H2,1H3,(H,15,17)(H,19,20,21);/t10-,11-,12-,13+,14-;/m1./s1. The molecule has 0 unspecified atom stereocenters. The van der Waals surface area contributed by atoms with Gasteiger partial charge in [-0.2, -0.15) is 8.42 Å². The van der Waals surface area contributed by atoms with Gasteiger partial charge < -0.3 is 25.0 Å². The molecule has 1 aromatic rings. The van der Waals surface area contributed by atoms with E-state index >= 15 is 0 Å². The van der Waals surface area contributed by atoms with Crippen molar-refractivity contribution in [2.75, 3.05) is 6.61 Å². The van der Waals surface area contributed by atoms with Gasteiger partial charge in [0, 0.05) is 36.5 Å². The van der Waals surface area contributed by atoms with Gasteiger partial charge in [-0.15, -0.1) is 0 Å². The van der Waals surface area contributed by atoms with Crippen molar-refractivity contribution in [3.05, 3.63) is 30.3 Å². The molecule has 10 nitrogen and oxygen atoms in total. The third-order valence-corrected chi connectivity index (χ3v) is 3.92. The van der Waals surface area contributed by atoms with Crippen LogP contribution < -0.4 is 10.1 Å². The summed E-state index contributed by atoms with van der Waals surface area (Å²) in [6.07, 6.45) is -5.85. The van der Waals surface area contributed by atoms with Gasteiger partial charge in [-0.25, -0.2) is 4.18 Å². The Hall–Kier alpha value is -0.760. The SMILES string of the molecule is CC(=O)N[C@H]1[C@H](Oc2ccccc2)O[C@H](CO)[C@H](OS(=O)(=O)O)[C@@H]1O.[Na]. The summed E-state index contributed by atoms with van der Waals surface area (Å²) in [6.45, 7) is 0.460. The molecule has 2 rings (SSSR count). The first kappa shape index (κ1) is 23.3. The maximum absolute atomic E-state index is 11.4. The van der Waals surface area contributed by atoms with Gasteiger partial charge in [-0.3, -0.25) is 9.35 Å². The number of hydrogen-bond acceptors (Lipinski definition) is 8. The summed E-state index contributed by atoms with van der Waals surface area (Å²) in [5.74, 6) is -0.178. The summed E-state index contributed by atoms with van der Waals surface area (Å²) in [4.78, 5) is 11.4. The number of carbonyl (C=O) groups is 1. The molecule has 141 valence electrons. The van der Waals surface area contributed by atoms with E-state index in [0.717, 1.165) is 0 Å². The molecule has 1 aliphatic heterocycles. The Morgan fingerprint density at radius 1 is 1.31 bits per heavy atom. The van der Waals surface area contributed by atoms with Crippen molar-refractivity contribution in [2.45, 2.75) is 37.6 Å². The van der Waals surface area contributed by atoms with Crippen LogP contribution in [0.4, 0.5) is 0 Å². The topological polar surface area (TPSA) is 152 Å². The van der Waals surface area contributed by atoms with Crippen LogP contribution in [-0.2, 0) is 24.1 Å². The van der Waals surface area contributed by atoms with Gasteiger partial charge in [-0.1, -0.05) is 18.2 Å². The molecule has 0 saturated carbocycles. The first-order valence-corrected chi connectivity index (χ1v) is 8.66. The molecule has 0 aliphatic carbocycles. The Morgan fingerprint density at radius 3 is 2.42 bits per heavy atom. The Morgan fingerprint density at radius 2 is 1.92 bits per heavy atom. The maximum Gasteiger partial charge on any atom is 0.397 e. The monoisotopic (exact) mass is 400 g/mol. The summed E-state index contributed by atoms with van der Waals surface area (Å²) >= 11 is 0. The van der Waals surface area contributed by atoms with E-state index in [1.165, 1.54) is 6.92 Å². The largest absolute Gasteiger partial charge is 0.463 e. The number of ether oxygens (including phenoxy) is 2. The van der Waals surface area contributed by atoms with E-state index in [4.69, 9.17) is 14.0 Å². The van der Waals surface area contributed by atoms with Crippen molar-refractivity contribution in [3.63, 3.8) is 0 Å². The van der Waals surface area contributed by atoms with Gasteiger partial charge in [-0.05, 0) is 12.1 Å². The number of rotatable bonds is 6. The molecule has 1 aliphatic rings. The summed E-state index contributed by atoms with van der Waals surface area (Å²) < 4.78 is 46.2. The van der Waals surface area contributed by atoms with Crippen molar-refractivity contribution < 1.29 is 41.6 Å². The van der Waals surface area contributed by atoms with Crippen LogP contribution in [0, 0.1) is 0 Å². The summed E-state index contributed by atoms with van der Waals surface area (Å²) in [5.41, 5.74) is 0. The molecule has 1 heterocycles. The van der Waals surface area contributed by atoms with Crippen LogP contribution in [0.25, 0.3) is 0 Å². The second-order valence-corrected chi connectivity index (χ2v) is 6.41. The van der Waals surface area contributed by atoms with Gasteiger partial charge in [0.15, 0.2) is 0 Å².